The third-order valence-electron chi connectivity index (χ3n) is 7.41. The number of fused-ring (bicyclic) bond motifs is 6. The zero-order valence-corrected chi connectivity index (χ0v) is 24.8. The van der Waals surface area contributed by atoms with Gasteiger partial charge in [-0.15, -0.1) is 0 Å². The SMILES string of the molecule is O=P1(Nc2nc(NP3(=O)Oc4ccccc4-c4ccccc43)nc(-c3ccccc3)n2)Oc2ccccc2-c2ccccc21. The van der Waals surface area contributed by atoms with Crippen LogP contribution in [-0.2, 0) is 9.13 Å². The first-order valence-electron chi connectivity index (χ1n) is 13.8. The zero-order valence-electron chi connectivity index (χ0n) is 23.0. The van der Waals surface area contributed by atoms with Gasteiger partial charge in [-0.25, -0.2) is 9.13 Å². The molecule has 5 aromatic carbocycles. The Balaban J connectivity index is 1.23. The van der Waals surface area contributed by atoms with Gasteiger partial charge in [-0.05, 0) is 24.3 Å². The third-order valence-corrected chi connectivity index (χ3v) is 11.4. The number of nitrogens with zero attached hydrogens (tertiary/aromatic N) is 3. The Morgan fingerprint density at radius 3 is 1.36 bits per heavy atom. The van der Waals surface area contributed by atoms with E-state index >= 15 is 0 Å². The molecule has 0 bridgehead atoms. The van der Waals surface area contributed by atoms with Gasteiger partial charge >= 0.3 is 15.0 Å². The fraction of sp³-hybridized carbons (Fsp3) is 0. The molecule has 214 valence electrons. The van der Waals surface area contributed by atoms with Gasteiger partial charge in [0, 0.05) is 27.8 Å². The van der Waals surface area contributed by atoms with Crippen LogP contribution in [0.1, 0.15) is 0 Å². The topological polar surface area (TPSA) is 115 Å². The van der Waals surface area contributed by atoms with Crippen LogP contribution in [0, 0.1) is 0 Å². The maximum absolute atomic E-state index is 14.6. The van der Waals surface area contributed by atoms with E-state index in [-0.39, 0.29) is 17.7 Å². The Bertz CT molecular complexity index is 2040. The molecule has 8 rings (SSSR count). The summed E-state index contributed by atoms with van der Waals surface area (Å²) < 4.78 is 41.4. The van der Waals surface area contributed by atoms with Crippen molar-refractivity contribution in [3.05, 3.63) is 127 Å². The zero-order chi connectivity index (χ0) is 29.7. The van der Waals surface area contributed by atoms with E-state index in [1.54, 1.807) is 24.3 Å². The molecule has 0 aliphatic carbocycles. The molecule has 0 saturated heterocycles. The number of nitrogens with one attached hydrogen (secondary N) is 2. The van der Waals surface area contributed by atoms with Gasteiger partial charge < -0.3 is 9.05 Å². The first-order valence-corrected chi connectivity index (χ1v) is 17.1. The summed E-state index contributed by atoms with van der Waals surface area (Å²) in [6, 6.07) is 38.9. The lowest BCUT2D eigenvalue weighted by molar-refractivity contribution is 0.495. The predicted molar refractivity (Wildman–Crippen MR) is 172 cm³/mol. The van der Waals surface area contributed by atoms with Crippen LogP contribution in [-0.4, -0.2) is 15.0 Å². The molecule has 0 radical (unpaired) electrons. The highest BCUT2D eigenvalue weighted by Gasteiger charge is 2.39. The van der Waals surface area contributed by atoms with Gasteiger partial charge in [-0.3, -0.25) is 10.2 Å². The third kappa shape index (κ3) is 4.45. The Morgan fingerprint density at radius 2 is 0.864 bits per heavy atom. The molecule has 2 N–H and O–H groups in total. The molecule has 1 aromatic heterocycles. The Kier molecular flexibility index (Phi) is 6.12. The van der Waals surface area contributed by atoms with E-state index < -0.39 is 15.0 Å². The highest BCUT2D eigenvalue weighted by molar-refractivity contribution is 7.69. The van der Waals surface area contributed by atoms with Crippen LogP contribution in [0.25, 0.3) is 33.6 Å². The quantitative estimate of drug-likeness (QED) is 0.190. The maximum Gasteiger partial charge on any atom is 0.374 e. The molecule has 0 fully saturated rings. The summed E-state index contributed by atoms with van der Waals surface area (Å²) >= 11 is 0. The van der Waals surface area contributed by atoms with E-state index in [9.17, 15) is 9.13 Å². The molecule has 2 aliphatic heterocycles. The summed E-state index contributed by atoms with van der Waals surface area (Å²) in [7, 11) is -7.55. The summed E-state index contributed by atoms with van der Waals surface area (Å²) in [5.74, 6) is 1.20. The minimum Gasteiger partial charge on any atom is -0.425 e. The van der Waals surface area contributed by atoms with Crippen molar-refractivity contribution < 1.29 is 18.2 Å². The van der Waals surface area contributed by atoms with E-state index in [0.29, 0.717) is 27.7 Å². The lowest BCUT2D eigenvalue weighted by Gasteiger charge is -2.29. The van der Waals surface area contributed by atoms with E-state index in [1.807, 2.05) is 103 Å². The standard InChI is InChI=1S/C33H23N5O4P2/c39-43(29-20-10-6-16-25(29)23-14-4-8-18-27(23)41-43)37-32-34-31(22-12-2-1-3-13-22)35-33(36-32)38-44(40)30-21-11-7-17-26(30)24-15-5-9-19-28(24)42-44/h1-21H,(H2,34,35,36,37,38,39,40). The van der Waals surface area contributed by atoms with Crippen molar-refractivity contribution in [2.75, 3.05) is 10.2 Å². The molecule has 0 amide bonds. The molecule has 2 aliphatic rings. The van der Waals surface area contributed by atoms with Gasteiger partial charge in [-0.1, -0.05) is 103 Å². The summed E-state index contributed by atoms with van der Waals surface area (Å²) in [4.78, 5) is 13.8. The average molecular weight is 616 g/mol. The number of aromatic nitrogens is 3. The summed E-state index contributed by atoms with van der Waals surface area (Å²) in [6.45, 7) is 0. The number of benzene rings is 5. The number of hydrogen-bond donors (Lipinski definition) is 2. The van der Waals surface area contributed by atoms with Crippen molar-refractivity contribution in [2.24, 2.45) is 0 Å². The normalized spacial score (nSPS) is 19.2. The van der Waals surface area contributed by atoms with Crippen molar-refractivity contribution in [2.45, 2.75) is 0 Å². The minimum atomic E-state index is -3.78. The van der Waals surface area contributed by atoms with Gasteiger partial charge in [0.15, 0.2) is 5.82 Å². The lowest BCUT2D eigenvalue weighted by Crippen LogP contribution is -2.24. The highest BCUT2D eigenvalue weighted by atomic mass is 31.2. The molecular formula is C33H23N5O4P2. The van der Waals surface area contributed by atoms with Crippen LogP contribution in [0.3, 0.4) is 0 Å². The van der Waals surface area contributed by atoms with Crippen LogP contribution in [0.4, 0.5) is 11.9 Å². The molecular weight excluding hydrogens is 592 g/mol. The van der Waals surface area contributed by atoms with E-state index in [0.717, 1.165) is 22.3 Å². The molecule has 44 heavy (non-hydrogen) atoms. The van der Waals surface area contributed by atoms with E-state index in [2.05, 4.69) is 25.1 Å². The van der Waals surface area contributed by atoms with Crippen LogP contribution in [0.5, 0.6) is 11.5 Å². The van der Waals surface area contributed by atoms with Crippen LogP contribution in [0.2, 0.25) is 0 Å². The average Bonchev–Trinajstić information content (AvgIpc) is 3.05. The van der Waals surface area contributed by atoms with Crippen LogP contribution in [0.15, 0.2) is 127 Å². The fourth-order valence-corrected chi connectivity index (χ4v) is 9.17. The molecule has 9 nitrogen and oxygen atoms in total. The summed E-state index contributed by atoms with van der Waals surface area (Å²) in [5.41, 5.74) is 3.94. The van der Waals surface area contributed by atoms with Gasteiger partial charge in [0.25, 0.3) is 0 Å². The van der Waals surface area contributed by atoms with Gasteiger partial charge in [0.1, 0.15) is 11.5 Å². The number of para-hydroxylation sites is 2. The molecule has 11 heteroatoms. The Labute approximate surface area is 253 Å². The fourth-order valence-electron chi connectivity index (χ4n) is 5.45. The minimum absolute atomic E-state index is 0.0174. The second kappa shape index (κ2) is 10.2. The van der Waals surface area contributed by atoms with Crippen LogP contribution < -0.4 is 29.8 Å². The summed E-state index contributed by atoms with van der Waals surface area (Å²) in [5, 5.41) is 6.96. The van der Waals surface area contributed by atoms with E-state index in [4.69, 9.17) is 9.05 Å². The van der Waals surface area contributed by atoms with E-state index in [1.165, 1.54) is 0 Å². The second-order valence-electron chi connectivity index (χ2n) is 10.2. The first-order chi connectivity index (χ1) is 21.5. The number of rotatable bonds is 5. The smallest absolute Gasteiger partial charge is 0.374 e. The molecule has 2 atom stereocenters. The number of anilines is 2. The monoisotopic (exact) mass is 615 g/mol. The molecule has 0 saturated carbocycles. The molecule has 3 heterocycles. The lowest BCUT2D eigenvalue weighted by atomic mass is 10.0. The van der Waals surface area contributed by atoms with Gasteiger partial charge in [0.2, 0.25) is 11.9 Å². The van der Waals surface area contributed by atoms with Crippen molar-refractivity contribution >= 4 is 37.5 Å². The second-order valence-corrected chi connectivity index (χ2v) is 14.2. The van der Waals surface area contributed by atoms with Gasteiger partial charge in [0.05, 0.1) is 10.6 Å². The summed E-state index contributed by atoms with van der Waals surface area (Å²) in [6.07, 6.45) is 0. The predicted octanol–water partition coefficient (Wildman–Crippen LogP) is 7.52. The van der Waals surface area contributed by atoms with Gasteiger partial charge in [-0.2, -0.15) is 15.0 Å². The van der Waals surface area contributed by atoms with Crippen molar-refractivity contribution in [1.82, 2.24) is 15.0 Å². The first kappa shape index (κ1) is 26.4. The maximum atomic E-state index is 14.6. The molecule has 6 aromatic rings. The largest absolute Gasteiger partial charge is 0.425 e. The number of hydrogen-bond acceptors (Lipinski definition) is 7. The van der Waals surface area contributed by atoms with Crippen molar-refractivity contribution in [3.8, 4) is 45.1 Å². The molecule has 2 unspecified atom stereocenters. The Morgan fingerprint density at radius 1 is 0.455 bits per heavy atom. The van der Waals surface area contributed by atoms with Crippen molar-refractivity contribution in [1.29, 1.82) is 0 Å². The van der Waals surface area contributed by atoms with Crippen molar-refractivity contribution in [3.63, 3.8) is 0 Å². The highest BCUT2D eigenvalue weighted by Crippen LogP contribution is 2.55. The van der Waals surface area contributed by atoms with Crippen LogP contribution >= 0.6 is 15.0 Å². The Hall–Kier alpha value is -5.23. The molecule has 0 spiro atoms.